The predicted molar refractivity (Wildman–Crippen MR) is 163 cm³/mol. The van der Waals surface area contributed by atoms with E-state index in [2.05, 4.69) is 20.6 Å². The maximum Gasteiger partial charge on any atom is 0.257 e. The lowest BCUT2D eigenvalue weighted by molar-refractivity contribution is 0.0829. The lowest BCUT2D eigenvalue weighted by Gasteiger charge is -2.28. The number of nitrogens with one attached hydrogen (secondary N) is 2. The van der Waals surface area contributed by atoms with Crippen LogP contribution in [0.25, 0.3) is 0 Å². The molecule has 5 rings (SSSR count). The quantitative estimate of drug-likeness (QED) is 0.172. The summed E-state index contributed by atoms with van der Waals surface area (Å²) in [6.45, 7) is -0.271. The molecule has 0 spiro atoms. The molecule has 0 unspecified atom stereocenters. The number of ether oxygens (including phenoxy) is 1. The van der Waals surface area contributed by atoms with E-state index in [0.717, 1.165) is 67.9 Å². The molecule has 2 saturated carbocycles. The van der Waals surface area contributed by atoms with E-state index < -0.39 is 34.5 Å². The average Bonchev–Trinajstić information content (AvgIpc) is 3.70. The van der Waals surface area contributed by atoms with E-state index in [1.54, 1.807) is 23.9 Å². The van der Waals surface area contributed by atoms with Crippen molar-refractivity contribution in [3.05, 3.63) is 76.7 Å². The number of hydrogen-bond acceptors (Lipinski definition) is 8. The van der Waals surface area contributed by atoms with E-state index in [-0.39, 0.29) is 35.4 Å². The molecule has 0 bridgehead atoms. The highest BCUT2D eigenvalue weighted by atomic mass is 35.5. The van der Waals surface area contributed by atoms with Crippen LogP contribution in [0.4, 0.5) is 8.78 Å². The second-order valence-electron chi connectivity index (χ2n) is 11.0. The van der Waals surface area contributed by atoms with E-state index in [4.69, 9.17) is 16.3 Å². The summed E-state index contributed by atoms with van der Waals surface area (Å²) in [5.74, 6) is -1.69. The van der Waals surface area contributed by atoms with E-state index >= 15 is 0 Å². The van der Waals surface area contributed by atoms with E-state index in [1.165, 1.54) is 0 Å². The van der Waals surface area contributed by atoms with Crippen LogP contribution in [0.3, 0.4) is 0 Å². The fourth-order valence-electron chi connectivity index (χ4n) is 5.37. The van der Waals surface area contributed by atoms with Crippen LogP contribution >= 0.6 is 23.4 Å². The molecule has 44 heavy (non-hydrogen) atoms. The third-order valence-corrected chi connectivity index (χ3v) is 8.92. The number of benzene rings is 1. The number of aliphatic hydroxyl groups is 2. The van der Waals surface area contributed by atoms with Crippen molar-refractivity contribution in [3.8, 4) is 11.6 Å². The third-order valence-electron chi connectivity index (χ3n) is 7.87. The SMILES string of the molecule is CSc1ccc(Oc2ncc(F)cc2C(=O)NC2(CO)CCCC2)cc1.O=C(NC1(CO)CCCC1)c1cc(F)cnc1Cl. The number of hydrogen-bond donors (Lipinski definition) is 4. The van der Waals surface area contributed by atoms with Crippen molar-refractivity contribution in [2.75, 3.05) is 19.5 Å². The number of pyridine rings is 2. The van der Waals surface area contributed by atoms with E-state index in [1.807, 2.05) is 18.4 Å². The van der Waals surface area contributed by atoms with Crippen LogP contribution < -0.4 is 15.4 Å². The molecule has 4 N–H and O–H groups in total. The number of thioether (sulfide) groups is 1. The molecule has 0 aliphatic heterocycles. The summed E-state index contributed by atoms with van der Waals surface area (Å²) in [5, 5.41) is 24.6. The minimum atomic E-state index is -0.652. The zero-order valence-corrected chi connectivity index (χ0v) is 25.8. The van der Waals surface area contributed by atoms with Crippen molar-refractivity contribution in [1.82, 2.24) is 20.6 Å². The van der Waals surface area contributed by atoms with Crippen LogP contribution in [0.2, 0.25) is 5.15 Å². The Hall–Kier alpha value is -3.32. The van der Waals surface area contributed by atoms with Crippen molar-refractivity contribution in [2.45, 2.75) is 67.3 Å². The van der Waals surface area contributed by atoms with Gasteiger partial charge in [-0.25, -0.2) is 18.7 Å². The predicted octanol–water partition coefficient (Wildman–Crippen LogP) is 5.68. The van der Waals surface area contributed by atoms with E-state index in [0.29, 0.717) is 18.6 Å². The minimum absolute atomic E-state index is 0.00334. The standard InChI is InChI=1S/C19H21FN2O3S.C12H14ClFN2O2/c1-26-15-6-4-14(5-7-15)25-18-16(10-13(20)11-21-18)17(24)22-19(12-23)8-2-3-9-19;13-10-9(5-8(14)6-15-10)11(18)16-12(7-17)3-1-2-4-12/h4-7,10-11,23H,2-3,8-9,12H2,1H3,(H,22,24);5-6,17H,1-4,7H2,(H,16,18). The Morgan fingerprint density at radius 1 is 0.864 bits per heavy atom. The molecule has 2 aromatic heterocycles. The fourth-order valence-corrected chi connectivity index (χ4v) is 5.97. The number of amides is 2. The molecule has 9 nitrogen and oxygen atoms in total. The molecule has 0 atom stereocenters. The van der Waals surface area contributed by atoms with Gasteiger partial charge in [-0.2, -0.15) is 0 Å². The second kappa shape index (κ2) is 15.1. The second-order valence-corrected chi connectivity index (χ2v) is 12.2. The molecular formula is C31H35ClF2N4O5S. The molecule has 236 valence electrons. The van der Waals surface area contributed by atoms with Gasteiger partial charge in [0.2, 0.25) is 5.88 Å². The Balaban J connectivity index is 0.000000215. The first kappa shape index (κ1) is 33.6. The summed E-state index contributed by atoms with van der Waals surface area (Å²) in [4.78, 5) is 33.3. The Morgan fingerprint density at radius 3 is 1.84 bits per heavy atom. The first-order valence-corrected chi connectivity index (χ1v) is 15.9. The summed E-state index contributed by atoms with van der Waals surface area (Å²) in [5.41, 5.74) is -1.25. The molecule has 1 aromatic carbocycles. The van der Waals surface area contributed by atoms with Crippen LogP contribution in [0.15, 0.2) is 53.7 Å². The molecule has 2 aliphatic carbocycles. The smallest absolute Gasteiger partial charge is 0.257 e. The average molecular weight is 649 g/mol. The first-order valence-electron chi connectivity index (χ1n) is 14.3. The number of rotatable bonds is 9. The topological polar surface area (TPSA) is 134 Å². The molecule has 2 amide bonds. The van der Waals surface area contributed by atoms with Gasteiger partial charge in [0, 0.05) is 4.90 Å². The van der Waals surface area contributed by atoms with Crippen LogP contribution in [-0.2, 0) is 0 Å². The Labute approximate surface area is 263 Å². The van der Waals surface area contributed by atoms with Gasteiger partial charge in [0.1, 0.15) is 28.1 Å². The summed E-state index contributed by atoms with van der Waals surface area (Å²) in [7, 11) is 0. The van der Waals surface area contributed by atoms with Gasteiger partial charge in [-0.15, -0.1) is 11.8 Å². The van der Waals surface area contributed by atoms with Gasteiger partial charge in [0.05, 0.1) is 42.2 Å². The fraction of sp³-hybridized carbons (Fsp3) is 0.419. The van der Waals surface area contributed by atoms with Crippen LogP contribution in [0.1, 0.15) is 72.1 Å². The molecule has 2 fully saturated rings. The van der Waals surface area contributed by atoms with Crippen molar-refractivity contribution < 1.29 is 33.3 Å². The van der Waals surface area contributed by atoms with Crippen molar-refractivity contribution in [2.24, 2.45) is 0 Å². The molecule has 0 radical (unpaired) electrons. The normalized spacial score (nSPS) is 16.5. The maximum atomic E-state index is 13.7. The zero-order chi connectivity index (χ0) is 31.7. The highest BCUT2D eigenvalue weighted by Crippen LogP contribution is 2.32. The molecule has 2 aliphatic rings. The van der Waals surface area contributed by atoms with Crippen molar-refractivity contribution in [3.63, 3.8) is 0 Å². The van der Waals surface area contributed by atoms with Crippen LogP contribution in [0.5, 0.6) is 11.6 Å². The van der Waals surface area contributed by atoms with Gasteiger partial charge in [-0.1, -0.05) is 37.3 Å². The molecule has 0 saturated heterocycles. The van der Waals surface area contributed by atoms with Crippen LogP contribution in [0, 0.1) is 11.6 Å². The lowest BCUT2D eigenvalue weighted by atomic mass is 9.98. The van der Waals surface area contributed by atoms with Crippen molar-refractivity contribution in [1.29, 1.82) is 0 Å². The lowest BCUT2D eigenvalue weighted by Crippen LogP contribution is -2.49. The van der Waals surface area contributed by atoms with Gasteiger partial charge in [0.25, 0.3) is 11.8 Å². The van der Waals surface area contributed by atoms with E-state index in [9.17, 15) is 28.6 Å². The maximum absolute atomic E-state index is 13.7. The number of aromatic nitrogens is 2. The third kappa shape index (κ3) is 8.44. The Morgan fingerprint density at radius 2 is 1.34 bits per heavy atom. The first-order chi connectivity index (χ1) is 21.1. The van der Waals surface area contributed by atoms with Gasteiger partial charge in [0.15, 0.2) is 0 Å². The molecular weight excluding hydrogens is 614 g/mol. The molecule has 13 heteroatoms. The molecule has 3 aromatic rings. The number of aliphatic hydroxyl groups excluding tert-OH is 2. The van der Waals surface area contributed by atoms with Gasteiger partial charge in [-0.05, 0) is 68.3 Å². The number of nitrogens with zero attached hydrogens (tertiary/aromatic N) is 2. The summed E-state index contributed by atoms with van der Waals surface area (Å²) in [6.07, 6.45) is 10.6. The monoisotopic (exact) mass is 648 g/mol. The van der Waals surface area contributed by atoms with Crippen LogP contribution in [-0.4, -0.2) is 62.5 Å². The van der Waals surface area contributed by atoms with Crippen molar-refractivity contribution >= 4 is 35.2 Å². The Bertz CT molecular complexity index is 1450. The number of carbonyl (C=O) groups excluding carboxylic acids is 2. The highest BCUT2D eigenvalue weighted by molar-refractivity contribution is 7.98. The Kier molecular flexibility index (Phi) is 11.5. The summed E-state index contributed by atoms with van der Waals surface area (Å²) >= 11 is 7.37. The van der Waals surface area contributed by atoms with Gasteiger partial charge >= 0.3 is 0 Å². The van der Waals surface area contributed by atoms with Gasteiger partial charge < -0.3 is 25.6 Å². The highest BCUT2D eigenvalue weighted by Gasteiger charge is 2.36. The summed E-state index contributed by atoms with van der Waals surface area (Å²) < 4.78 is 32.4. The zero-order valence-electron chi connectivity index (χ0n) is 24.2. The summed E-state index contributed by atoms with van der Waals surface area (Å²) in [6, 6.07) is 9.47. The minimum Gasteiger partial charge on any atom is -0.438 e. The largest absolute Gasteiger partial charge is 0.438 e. The number of halogens is 3. The van der Waals surface area contributed by atoms with Gasteiger partial charge in [-0.3, -0.25) is 9.59 Å². The number of carbonyl (C=O) groups is 2. The molecule has 2 heterocycles.